The van der Waals surface area contributed by atoms with Crippen molar-refractivity contribution in [1.29, 1.82) is 0 Å². The zero-order valence-electron chi connectivity index (χ0n) is 14.2. The number of piperidine rings is 1. The summed E-state index contributed by atoms with van der Waals surface area (Å²) in [5, 5.41) is 4.19. The fourth-order valence-corrected chi connectivity index (χ4v) is 3.35. The van der Waals surface area contributed by atoms with Gasteiger partial charge in [0.2, 0.25) is 0 Å². The van der Waals surface area contributed by atoms with Crippen LogP contribution in [0.5, 0.6) is 0 Å². The maximum absolute atomic E-state index is 12.0. The summed E-state index contributed by atoms with van der Waals surface area (Å²) in [6.07, 6.45) is 7.17. The molecule has 22 heavy (non-hydrogen) atoms. The lowest BCUT2D eigenvalue weighted by atomic mass is 9.72. The van der Waals surface area contributed by atoms with Gasteiger partial charge < -0.3 is 4.90 Å². The number of nitrogens with one attached hydrogen (secondary N) is 1. The van der Waals surface area contributed by atoms with Gasteiger partial charge in [0.05, 0.1) is 0 Å². The molecule has 0 aromatic rings. The molecular weight excluding hydrogens is 278 g/mol. The molecule has 0 atom stereocenters. The average molecular weight is 307 g/mol. The van der Waals surface area contributed by atoms with E-state index in [9.17, 15) is 9.59 Å². The average Bonchev–Trinajstić information content (AvgIpc) is 2.52. The van der Waals surface area contributed by atoms with E-state index in [1.807, 2.05) is 0 Å². The van der Waals surface area contributed by atoms with Crippen molar-refractivity contribution in [1.82, 2.24) is 10.3 Å². The molecule has 0 spiro atoms. The van der Waals surface area contributed by atoms with E-state index in [4.69, 9.17) is 0 Å². The van der Waals surface area contributed by atoms with Crippen LogP contribution in [0.1, 0.15) is 65.7 Å². The van der Waals surface area contributed by atoms with Crippen LogP contribution in [0.25, 0.3) is 0 Å². The topological polar surface area (TPSA) is 61.8 Å². The summed E-state index contributed by atoms with van der Waals surface area (Å²) < 4.78 is 0. The minimum Gasteiger partial charge on any atom is -0.334 e. The first-order chi connectivity index (χ1) is 10.4. The molecule has 1 N–H and O–H groups in total. The SMILES string of the molecule is CC(C)(C)C1CCC(=NNC(=O)C(=O)N2CCCCC2)CC1. The monoisotopic (exact) mass is 307 g/mol. The molecule has 1 saturated carbocycles. The Morgan fingerprint density at radius 1 is 1.09 bits per heavy atom. The molecule has 5 nitrogen and oxygen atoms in total. The van der Waals surface area contributed by atoms with Crippen LogP contribution in [0.2, 0.25) is 0 Å². The summed E-state index contributed by atoms with van der Waals surface area (Å²) in [5.41, 5.74) is 3.81. The van der Waals surface area contributed by atoms with Crippen molar-refractivity contribution in [3.8, 4) is 0 Å². The van der Waals surface area contributed by atoms with Crippen LogP contribution >= 0.6 is 0 Å². The quantitative estimate of drug-likeness (QED) is 0.598. The molecule has 1 heterocycles. The number of carbonyl (C=O) groups is 2. The Balaban J connectivity index is 1.79. The van der Waals surface area contributed by atoms with Gasteiger partial charge in [0, 0.05) is 18.8 Å². The minimum absolute atomic E-state index is 0.332. The van der Waals surface area contributed by atoms with Crippen LogP contribution in [0.15, 0.2) is 5.10 Å². The van der Waals surface area contributed by atoms with Gasteiger partial charge in [0.15, 0.2) is 0 Å². The highest BCUT2D eigenvalue weighted by molar-refractivity contribution is 6.35. The lowest BCUT2D eigenvalue weighted by Crippen LogP contribution is -2.44. The van der Waals surface area contributed by atoms with E-state index in [1.165, 1.54) is 0 Å². The van der Waals surface area contributed by atoms with E-state index in [1.54, 1.807) is 4.90 Å². The first kappa shape index (κ1) is 17.0. The predicted octanol–water partition coefficient (Wildman–Crippen LogP) is 2.71. The molecule has 0 radical (unpaired) electrons. The third-order valence-electron chi connectivity index (χ3n) is 4.94. The lowest BCUT2D eigenvalue weighted by Gasteiger charge is -2.34. The second kappa shape index (κ2) is 7.25. The lowest BCUT2D eigenvalue weighted by molar-refractivity contribution is -0.146. The van der Waals surface area contributed by atoms with Gasteiger partial charge in [0.1, 0.15) is 0 Å². The smallest absolute Gasteiger partial charge is 0.329 e. The number of rotatable bonds is 1. The van der Waals surface area contributed by atoms with Crippen LogP contribution in [0.4, 0.5) is 0 Å². The van der Waals surface area contributed by atoms with Gasteiger partial charge in [-0.15, -0.1) is 0 Å². The summed E-state index contributed by atoms with van der Waals surface area (Å²) in [6.45, 7) is 8.21. The van der Waals surface area contributed by atoms with Gasteiger partial charge in [-0.1, -0.05) is 20.8 Å². The number of hydrogen-bond acceptors (Lipinski definition) is 3. The molecule has 1 aliphatic heterocycles. The van der Waals surface area contributed by atoms with Gasteiger partial charge in [-0.3, -0.25) is 9.59 Å². The third kappa shape index (κ3) is 4.55. The van der Waals surface area contributed by atoms with Crippen molar-refractivity contribution in [2.24, 2.45) is 16.4 Å². The fourth-order valence-electron chi connectivity index (χ4n) is 3.35. The van der Waals surface area contributed by atoms with Gasteiger partial charge in [-0.2, -0.15) is 5.10 Å². The number of hydrazone groups is 1. The predicted molar refractivity (Wildman–Crippen MR) is 87.4 cm³/mol. The number of carbonyl (C=O) groups excluding carboxylic acids is 2. The molecule has 1 saturated heterocycles. The Kier molecular flexibility index (Phi) is 5.59. The minimum atomic E-state index is -0.590. The normalized spacial score (nSPS) is 23.1. The highest BCUT2D eigenvalue weighted by Crippen LogP contribution is 2.36. The van der Waals surface area contributed by atoms with E-state index < -0.39 is 11.8 Å². The summed E-state index contributed by atoms with van der Waals surface area (Å²) in [7, 11) is 0. The Hall–Kier alpha value is -1.39. The highest BCUT2D eigenvalue weighted by Gasteiger charge is 2.28. The van der Waals surface area contributed by atoms with E-state index in [2.05, 4.69) is 31.3 Å². The number of likely N-dealkylation sites (tertiary alicyclic amines) is 1. The Bertz CT molecular complexity index is 435. The van der Waals surface area contributed by atoms with Gasteiger partial charge in [0.25, 0.3) is 0 Å². The standard InChI is InChI=1S/C17H29N3O2/c1-17(2,3)13-7-9-14(10-8-13)18-19-15(21)16(22)20-11-5-4-6-12-20/h13H,4-12H2,1-3H3,(H,19,21). The second-order valence-electron chi connectivity index (χ2n) is 7.61. The van der Waals surface area contributed by atoms with Crippen molar-refractivity contribution < 1.29 is 9.59 Å². The summed E-state index contributed by atoms with van der Waals surface area (Å²) in [6, 6.07) is 0. The third-order valence-corrected chi connectivity index (χ3v) is 4.94. The molecule has 2 rings (SSSR count). The Labute approximate surface area is 133 Å². The first-order valence-corrected chi connectivity index (χ1v) is 8.52. The number of hydrogen-bond donors (Lipinski definition) is 1. The van der Waals surface area contributed by atoms with Crippen LogP contribution < -0.4 is 5.43 Å². The molecule has 0 unspecified atom stereocenters. The summed E-state index contributed by atoms with van der Waals surface area (Å²) in [5.74, 6) is -0.322. The first-order valence-electron chi connectivity index (χ1n) is 8.52. The van der Waals surface area contributed by atoms with Crippen LogP contribution in [-0.4, -0.2) is 35.5 Å². The largest absolute Gasteiger partial charge is 0.334 e. The Morgan fingerprint density at radius 2 is 1.68 bits per heavy atom. The van der Waals surface area contributed by atoms with Crippen molar-refractivity contribution in [2.45, 2.75) is 65.7 Å². The Morgan fingerprint density at radius 3 is 2.23 bits per heavy atom. The van der Waals surface area contributed by atoms with Crippen LogP contribution in [0.3, 0.4) is 0 Å². The molecule has 0 aromatic heterocycles. The number of amides is 2. The van der Waals surface area contributed by atoms with Crippen molar-refractivity contribution >= 4 is 17.5 Å². The zero-order chi connectivity index (χ0) is 16.2. The highest BCUT2D eigenvalue weighted by atomic mass is 16.2. The van der Waals surface area contributed by atoms with Crippen molar-refractivity contribution in [3.63, 3.8) is 0 Å². The fraction of sp³-hybridized carbons (Fsp3) is 0.824. The van der Waals surface area contributed by atoms with E-state index in [0.29, 0.717) is 24.4 Å². The van der Waals surface area contributed by atoms with Crippen LogP contribution in [-0.2, 0) is 9.59 Å². The molecule has 2 aliphatic rings. The van der Waals surface area contributed by atoms with E-state index in [-0.39, 0.29) is 0 Å². The van der Waals surface area contributed by atoms with E-state index in [0.717, 1.165) is 50.7 Å². The summed E-state index contributed by atoms with van der Waals surface area (Å²) in [4.78, 5) is 25.5. The van der Waals surface area contributed by atoms with Crippen molar-refractivity contribution in [2.75, 3.05) is 13.1 Å². The van der Waals surface area contributed by atoms with Gasteiger partial charge in [-0.05, 0) is 56.3 Å². The molecule has 124 valence electrons. The molecule has 2 fully saturated rings. The van der Waals surface area contributed by atoms with E-state index >= 15 is 0 Å². The zero-order valence-corrected chi connectivity index (χ0v) is 14.2. The molecule has 0 bridgehead atoms. The van der Waals surface area contributed by atoms with Crippen molar-refractivity contribution in [3.05, 3.63) is 0 Å². The molecule has 0 aromatic carbocycles. The van der Waals surface area contributed by atoms with Crippen LogP contribution in [0, 0.1) is 11.3 Å². The molecular formula is C17H29N3O2. The molecule has 1 aliphatic carbocycles. The summed E-state index contributed by atoms with van der Waals surface area (Å²) >= 11 is 0. The molecule has 5 heteroatoms. The van der Waals surface area contributed by atoms with Gasteiger partial charge >= 0.3 is 11.8 Å². The number of nitrogens with zero attached hydrogens (tertiary/aromatic N) is 2. The van der Waals surface area contributed by atoms with Gasteiger partial charge in [-0.25, -0.2) is 5.43 Å². The maximum Gasteiger partial charge on any atom is 0.329 e. The molecule has 2 amide bonds. The maximum atomic E-state index is 12.0. The second-order valence-corrected chi connectivity index (χ2v) is 7.61.